The highest BCUT2D eigenvalue weighted by atomic mass is 16.3. The first-order valence-electron chi connectivity index (χ1n) is 10.3. The number of rotatable bonds is 1. The van der Waals surface area contributed by atoms with Gasteiger partial charge in [0.05, 0.1) is 18.3 Å². The van der Waals surface area contributed by atoms with Gasteiger partial charge in [-0.3, -0.25) is 0 Å². The molecule has 4 rings (SSSR count). The molecule has 0 aromatic rings. The average Bonchev–Trinajstić information content (AvgIpc) is 2.78. The van der Waals surface area contributed by atoms with Crippen molar-refractivity contribution >= 4 is 0 Å². The first-order valence-corrected chi connectivity index (χ1v) is 10.3. The fraction of sp³-hybridized carbons (Fsp3) is 1.00. The summed E-state index contributed by atoms with van der Waals surface area (Å²) >= 11 is 0. The second kappa shape index (κ2) is 5.69. The quantitative estimate of drug-likeness (QED) is 0.688. The summed E-state index contributed by atoms with van der Waals surface area (Å²) in [7, 11) is 0. The van der Waals surface area contributed by atoms with Crippen LogP contribution in [0.3, 0.4) is 0 Å². The lowest BCUT2D eigenvalue weighted by Crippen LogP contribution is -2.54. The Morgan fingerprint density at radius 1 is 0.875 bits per heavy atom. The van der Waals surface area contributed by atoms with Crippen LogP contribution in [0.1, 0.15) is 72.1 Å². The molecule has 4 aliphatic carbocycles. The zero-order chi connectivity index (χ0) is 17.3. The van der Waals surface area contributed by atoms with Crippen molar-refractivity contribution in [2.75, 3.05) is 0 Å². The fourth-order valence-electron chi connectivity index (χ4n) is 8.16. The largest absolute Gasteiger partial charge is 0.393 e. The summed E-state index contributed by atoms with van der Waals surface area (Å²) in [6.07, 6.45) is 8.10. The number of aliphatic hydroxyl groups is 3. The SMILES string of the molecule is C[C@H](O)[C@H]1[C@@H](O)C[C@@H]2[C@H]3CC[C@@H]4C[C@@H](O)CC[C@]4(C)[C@@H]3CC[C@]12C. The molecule has 0 radical (unpaired) electrons. The normalized spacial score (nSPS) is 58.5. The third-order valence-electron chi connectivity index (χ3n) is 9.27. The molecule has 3 N–H and O–H groups in total. The van der Waals surface area contributed by atoms with Gasteiger partial charge in [-0.15, -0.1) is 0 Å². The molecule has 0 heterocycles. The Bertz CT molecular complexity index is 491. The first-order chi connectivity index (χ1) is 11.3. The smallest absolute Gasteiger partial charge is 0.0601 e. The lowest BCUT2D eigenvalue weighted by Gasteiger charge is -2.61. The van der Waals surface area contributed by atoms with Crippen molar-refractivity contribution in [3.05, 3.63) is 0 Å². The molecule has 4 fully saturated rings. The van der Waals surface area contributed by atoms with E-state index >= 15 is 0 Å². The molecule has 0 spiro atoms. The van der Waals surface area contributed by atoms with Crippen molar-refractivity contribution in [1.29, 1.82) is 0 Å². The number of fused-ring (bicyclic) bond motifs is 5. The Labute approximate surface area is 146 Å². The summed E-state index contributed by atoms with van der Waals surface area (Å²) < 4.78 is 0. The van der Waals surface area contributed by atoms with Gasteiger partial charge in [-0.25, -0.2) is 0 Å². The molecule has 0 unspecified atom stereocenters. The molecule has 10 atom stereocenters. The van der Waals surface area contributed by atoms with Crippen LogP contribution in [0.15, 0.2) is 0 Å². The standard InChI is InChI=1S/C21H36O3/c1-12(22)19-18(24)11-17-15-5-4-13-10-14(23)6-8-20(13,2)16(15)7-9-21(17,19)3/h12-19,22-24H,4-11H2,1-3H3/t12-,13+,14-,15-,16+,17+,18-,19-,20-,21-/m0/s1. The molecule has 0 saturated heterocycles. The van der Waals surface area contributed by atoms with Crippen molar-refractivity contribution in [2.45, 2.75) is 90.4 Å². The summed E-state index contributed by atoms with van der Waals surface area (Å²) in [6, 6.07) is 0. The molecule has 0 aromatic heterocycles. The van der Waals surface area contributed by atoms with Crippen molar-refractivity contribution < 1.29 is 15.3 Å². The number of hydrogen-bond acceptors (Lipinski definition) is 3. The predicted molar refractivity (Wildman–Crippen MR) is 94.3 cm³/mol. The van der Waals surface area contributed by atoms with E-state index in [1.54, 1.807) is 0 Å². The second-order valence-corrected chi connectivity index (χ2v) is 10.2. The van der Waals surface area contributed by atoms with Crippen LogP contribution in [0.2, 0.25) is 0 Å². The molecule has 3 heteroatoms. The number of aliphatic hydroxyl groups excluding tert-OH is 3. The van der Waals surface area contributed by atoms with E-state index in [2.05, 4.69) is 13.8 Å². The summed E-state index contributed by atoms with van der Waals surface area (Å²) in [4.78, 5) is 0. The predicted octanol–water partition coefficient (Wildman–Crippen LogP) is 3.36. The van der Waals surface area contributed by atoms with E-state index in [-0.39, 0.29) is 23.5 Å². The molecule has 0 aromatic carbocycles. The molecule has 0 aliphatic heterocycles. The van der Waals surface area contributed by atoms with E-state index < -0.39 is 6.10 Å². The Morgan fingerprint density at radius 3 is 2.29 bits per heavy atom. The van der Waals surface area contributed by atoms with Gasteiger partial charge < -0.3 is 15.3 Å². The van der Waals surface area contributed by atoms with E-state index in [4.69, 9.17) is 0 Å². The van der Waals surface area contributed by atoms with Crippen LogP contribution in [-0.2, 0) is 0 Å². The summed E-state index contributed by atoms with van der Waals surface area (Å²) in [5, 5.41) is 31.1. The Kier molecular flexibility index (Phi) is 4.10. The van der Waals surface area contributed by atoms with Crippen LogP contribution in [-0.4, -0.2) is 33.6 Å². The van der Waals surface area contributed by atoms with Crippen molar-refractivity contribution in [3.63, 3.8) is 0 Å². The monoisotopic (exact) mass is 336 g/mol. The molecule has 0 amide bonds. The highest BCUT2D eigenvalue weighted by Crippen LogP contribution is 2.67. The zero-order valence-electron chi connectivity index (χ0n) is 15.6. The first kappa shape index (κ1) is 17.3. The minimum Gasteiger partial charge on any atom is -0.393 e. The highest BCUT2D eigenvalue weighted by Gasteiger charge is 2.62. The highest BCUT2D eigenvalue weighted by molar-refractivity contribution is 5.11. The molecule has 138 valence electrons. The van der Waals surface area contributed by atoms with E-state index in [0.717, 1.165) is 31.6 Å². The third-order valence-corrected chi connectivity index (χ3v) is 9.27. The summed E-state index contributed by atoms with van der Waals surface area (Å²) in [5.74, 6) is 2.75. The van der Waals surface area contributed by atoms with Gasteiger partial charge in [-0.2, -0.15) is 0 Å². The third kappa shape index (κ3) is 2.27. The van der Waals surface area contributed by atoms with Gasteiger partial charge in [0, 0.05) is 5.92 Å². The van der Waals surface area contributed by atoms with Gasteiger partial charge in [0.25, 0.3) is 0 Å². The summed E-state index contributed by atoms with van der Waals surface area (Å²) in [5.41, 5.74) is 0.490. The maximum absolute atomic E-state index is 10.7. The molecule has 3 nitrogen and oxygen atoms in total. The van der Waals surface area contributed by atoms with Crippen molar-refractivity contribution in [3.8, 4) is 0 Å². The van der Waals surface area contributed by atoms with Gasteiger partial charge in [-0.1, -0.05) is 13.8 Å². The van der Waals surface area contributed by atoms with Crippen LogP contribution in [0, 0.1) is 40.4 Å². The number of hydrogen-bond donors (Lipinski definition) is 3. The van der Waals surface area contributed by atoms with Crippen LogP contribution >= 0.6 is 0 Å². The molecular formula is C21H36O3. The van der Waals surface area contributed by atoms with E-state index in [0.29, 0.717) is 23.2 Å². The minimum atomic E-state index is -0.414. The summed E-state index contributed by atoms with van der Waals surface area (Å²) in [6.45, 7) is 6.72. The van der Waals surface area contributed by atoms with E-state index in [9.17, 15) is 15.3 Å². The van der Waals surface area contributed by atoms with Gasteiger partial charge >= 0.3 is 0 Å². The molecule has 0 bridgehead atoms. The van der Waals surface area contributed by atoms with Crippen LogP contribution in [0.5, 0.6) is 0 Å². The zero-order valence-corrected chi connectivity index (χ0v) is 15.6. The maximum Gasteiger partial charge on any atom is 0.0601 e. The average molecular weight is 337 g/mol. The second-order valence-electron chi connectivity index (χ2n) is 10.2. The molecular weight excluding hydrogens is 300 g/mol. The lowest BCUT2D eigenvalue weighted by atomic mass is 9.44. The molecule has 4 aliphatic rings. The topological polar surface area (TPSA) is 60.7 Å². The van der Waals surface area contributed by atoms with Gasteiger partial charge in [0.15, 0.2) is 0 Å². The Hall–Kier alpha value is -0.120. The minimum absolute atomic E-state index is 0.0437. The Morgan fingerprint density at radius 2 is 1.58 bits per heavy atom. The van der Waals surface area contributed by atoms with E-state index in [1.807, 2.05) is 6.92 Å². The van der Waals surface area contributed by atoms with Crippen LogP contribution < -0.4 is 0 Å². The lowest BCUT2D eigenvalue weighted by molar-refractivity contribution is -0.133. The van der Waals surface area contributed by atoms with Gasteiger partial charge in [-0.05, 0) is 92.8 Å². The van der Waals surface area contributed by atoms with E-state index in [1.165, 1.54) is 25.7 Å². The fourth-order valence-corrected chi connectivity index (χ4v) is 8.16. The molecule has 24 heavy (non-hydrogen) atoms. The Balaban J connectivity index is 1.63. The molecule has 4 saturated carbocycles. The van der Waals surface area contributed by atoms with Crippen molar-refractivity contribution in [2.24, 2.45) is 40.4 Å². The van der Waals surface area contributed by atoms with Gasteiger partial charge in [0.1, 0.15) is 0 Å². The van der Waals surface area contributed by atoms with Crippen LogP contribution in [0.4, 0.5) is 0 Å². The van der Waals surface area contributed by atoms with Crippen molar-refractivity contribution in [1.82, 2.24) is 0 Å². The maximum atomic E-state index is 10.7. The van der Waals surface area contributed by atoms with Gasteiger partial charge in [0.2, 0.25) is 0 Å². The van der Waals surface area contributed by atoms with Crippen LogP contribution in [0.25, 0.3) is 0 Å².